The highest BCUT2D eigenvalue weighted by molar-refractivity contribution is 5.67. The zero-order chi connectivity index (χ0) is 19.9. The van der Waals surface area contributed by atoms with E-state index in [9.17, 15) is 9.90 Å². The lowest BCUT2D eigenvalue weighted by Gasteiger charge is -2.21. The van der Waals surface area contributed by atoms with Crippen molar-refractivity contribution < 1.29 is 14.4 Å². The highest BCUT2D eigenvalue weighted by Gasteiger charge is 2.23. The molecule has 1 unspecified atom stereocenters. The largest absolute Gasteiger partial charge is 0.481 e. The monoisotopic (exact) mass is 386 g/mol. The first-order chi connectivity index (χ1) is 13.5. The Morgan fingerprint density at radius 1 is 1.32 bits per heavy atom. The number of hydrogen-bond acceptors (Lipinski definition) is 6. The number of carboxylic acids is 1. The molecule has 0 aliphatic heterocycles. The van der Waals surface area contributed by atoms with Gasteiger partial charge in [-0.3, -0.25) is 4.79 Å². The molecule has 7 heteroatoms. The third-order valence-corrected chi connectivity index (χ3v) is 5.56. The lowest BCUT2D eigenvalue weighted by Crippen LogP contribution is -2.10. The van der Waals surface area contributed by atoms with Crippen molar-refractivity contribution in [2.45, 2.75) is 63.7 Å². The molecule has 28 heavy (non-hydrogen) atoms. The van der Waals surface area contributed by atoms with Crippen LogP contribution in [0.3, 0.4) is 0 Å². The molecule has 152 valence electrons. The van der Waals surface area contributed by atoms with Crippen molar-refractivity contribution in [2.24, 2.45) is 5.92 Å². The maximum atomic E-state index is 11.3. The molecule has 1 atom stereocenters. The second-order valence-corrected chi connectivity index (χ2v) is 7.98. The van der Waals surface area contributed by atoms with Crippen molar-refractivity contribution in [1.29, 1.82) is 0 Å². The first-order valence-corrected chi connectivity index (χ1v) is 10.2. The van der Waals surface area contributed by atoms with Crippen LogP contribution < -0.4 is 4.90 Å². The summed E-state index contributed by atoms with van der Waals surface area (Å²) in [5.74, 6) is 1.42. The van der Waals surface area contributed by atoms with Gasteiger partial charge in [-0.15, -0.1) is 0 Å². The Morgan fingerprint density at radius 2 is 2.11 bits per heavy atom. The van der Waals surface area contributed by atoms with E-state index < -0.39 is 5.97 Å². The lowest BCUT2D eigenvalue weighted by atomic mass is 9.84. The summed E-state index contributed by atoms with van der Waals surface area (Å²) >= 11 is 0. The van der Waals surface area contributed by atoms with Crippen molar-refractivity contribution in [1.82, 2.24) is 15.1 Å². The molecular formula is C21H30N4O3. The number of anilines is 1. The van der Waals surface area contributed by atoms with E-state index in [1.165, 1.54) is 32.1 Å². The molecule has 1 fully saturated rings. The summed E-state index contributed by atoms with van der Waals surface area (Å²) < 4.78 is 5.47. The van der Waals surface area contributed by atoms with Gasteiger partial charge in [0.25, 0.3) is 0 Å². The minimum absolute atomic E-state index is 0.0194. The summed E-state index contributed by atoms with van der Waals surface area (Å²) in [5.41, 5.74) is 0.810. The summed E-state index contributed by atoms with van der Waals surface area (Å²) in [6.07, 6.45) is 11.3. The highest BCUT2D eigenvalue weighted by atomic mass is 16.5. The SMILES string of the molecule is CN(C)c1cc(-c2noc(C(CCCC3CCCCC3)CC(=O)O)n2)ccn1. The van der Waals surface area contributed by atoms with Gasteiger partial charge < -0.3 is 14.5 Å². The first kappa shape index (κ1) is 20.3. The predicted molar refractivity (Wildman–Crippen MR) is 107 cm³/mol. The van der Waals surface area contributed by atoms with Gasteiger partial charge in [0.2, 0.25) is 11.7 Å². The van der Waals surface area contributed by atoms with E-state index in [1.807, 2.05) is 31.1 Å². The molecule has 0 aromatic carbocycles. The fourth-order valence-electron chi connectivity index (χ4n) is 3.97. The second-order valence-electron chi connectivity index (χ2n) is 7.98. The third-order valence-electron chi connectivity index (χ3n) is 5.56. The van der Waals surface area contributed by atoms with Crippen LogP contribution in [-0.4, -0.2) is 40.3 Å². The van der Waals surface area contributed by atoms with Gasteiger partial charge >= 0.3 is 5.97 Å². The summed E-state index contributed by atoms with van der Waals surface area (Å²) in [5, 5.41) is 13.4. The van der Waals surface area contributed by atoms with Crippen LogP contribution in [0.4, 0.5) is 5.82 Å². The van der Waals surface area contributed by atoms with E-state index in [2.05, 4.69) is 15.1 Å². The summed E-state index contributed by atoms with van der Waals surface area (Å²) in [7, 11) is 3.84. The fraction of sp³-hybridized carbons (Fsp3) is 0.619. The number of rotatable bonds is 9. The van der Waals surface area contributed by atoms with Gasteiger partial charge in [0, 0.05) is 31.8 Å². The molecule has 1 N–H and O–H groups in total. The van der Waals surface area contributed by atoms with Crippen LogP contribution in [-0.2, 0) is 4.79 Å². The quantitative estimate of drug-likeness (QED) is 0.678. The van der Waals surface area contributed by atoms with E-state index >= 15 is 0 Å². The first-order valence-electron chi connectivity index (χ1n) is 10.2. The normalized spacial score (nSPS) is 16.1. The molecule has 1 aliphatic carbocycles. The van der Waals surface area contributed by atoms with Crippen molar-refractivity contribution in [3.8, 4) is 11.4 Å². The van der Waals surface area contributed by atoms with Crippen LogP contribution in [0.2, 0.25) is 0 Å². The van der Waals surface area contributed by atoms with Gasteiger partial charge in [0.1, 0.15) is 5.82 Å². The van der Waals surface area contributed by atoms with Crippen LogP contribution in [0.1, 0.15) is 69.6 Å². The molecule has 0 saturated heterocycles. The van der Waals surface area contributed by atoms with Crippen LogP contribution >= 0.6 is 0 Å². The Labute approximate surface area is 166 Å². The Hall–Kier alpha value is -2.44. The van der Waals surface area contributed by atoms with Crippen molar-refractivity contribution in [3.63, 3.8) is 0 Å². The molecule has 1 aliphatic rings. The number of carboxylic acid groups (broad SMARTS) is 1. The van der Waals surface area contributed by atoms with Gasteiger partial charge in [-0.05, 0) is 24.5 Å². The average Bonchev–Trinajstić information content (AvgIpc) is 3.18. The Balaban J connectivity index is 1.67. The maximum absolute atomic E-state index is 11.3. The molecule has 3 rings (SSSR count). The summed E-state index contributed by atoms with van der Waals surface area (Å²) in [6.45, 7) is 0. The summed E-state index contributed by atoms with van der Waals surface area (Å²) in [4.78, 5) is 22.1. The number of nitrogens with zero attached hydrogens (tertiary/aromatic N) is 4. The van der Waals surface area contributed by atoms with E-state index in [0.717, 1.165) is 36.6 Å². The standard InChI is InChI=1S/C21H30N4O3/c1-25(2)18-13-16(11-12-22-18)20-23-21(28-24-20)17(14-19(26)27)10-6-9-15-7-4-3-5-8-15/h11-13,15,17H,3-10,14H2,1-2H3,(H,26,27). The number of aliphatic carboxylic acids is 1. The lowest BCUT2D eigenvalue weighted by molar-refractivity contribution is -0.137. The molecule has 7 nitrogen and oxygen atoms in total. The van der Waals surface area contributed by atoms with Gasteiger partial charge in [-0.1, -0.05) is 50.1 Å². The smallest absolute Gasteiger partial charge is 0.304 e. The molecule has 0 radical (unpaired) electrons. The molecule has 0 spiro atoms. The topological polar surface area (TPSA) is 92.4 Å². The molecule has 0 bridgehead atoms. The van der Waals surface area contributed by atoms with Gasteiger partial charge in [-0.2, -0.15) is 4.98 Å². The van der Waals surface area contributed by atoms with Gasteiger partial charge in [0.15, 0.2) is 0 Å². The zero-order valence-electron chi connectivity index (χ0n) is 16.8. The maximum Gasteiger partial charge on any atom is 0.304 e. The van der Waals surface area contributed by atoms with Crippen molar-refractivity contribution in [3.05, 3.63) is 24.2 Å². The number of pyridine rings is 1. The average molecular weight is 386 g/mol. The van der Waals surface area contributed by atoms with Crippen LogP contribution in [0, 0.1) is 5.92 Å². The summed E-state index contributed by atoms with van der Waals surface area (Å²) in [6, 6.07) is 3.72. The zero-order valence-corrected chi connectivity index (χ0v) is 16.8. The van der Waals surface area contributed by atoms with E-state index in [1.54, 1.807) is 6.20 Å². The van der Waals surface area contributed by atoms with Crippen LogP contribution in [0.15, 0.2) is 22.9 Å². The Bertz CT molecular complexity index is 769. The Morgan fingerprint density at radius 3 is 2.82 bits per heavy atom. The van der Waals surface area contributed by atoms with Crippen LogP contribution in [0.5, 0.6) is 0 Å². The molecular weight excluding hydrogens is 356 g/mol. The van der Waals surface area contributed by atoms with Crippen molar-refractivity contribution >= 4 is 11.8 Å². The number of aromatic nitrogens is 3. The molecule has 0 amide bonds. The molecule has 2 aromatic rings. The van der Waals surface area contributed by atoms with E-state index in [4.69, 9.17) is 4.52 Å². The predicted octanol–water partition coefficient (Wildman–Crippen LogP) is 4.51. The van der Waals surface area contributed by atoms with Crippen molar-refractivity contribution in [2.75, 3.05) is 19.0 Å². The minimum Gasteiger partial charge on any atom is -0.481 e. The van der Waals surface area contributed by atoms with Gasteiger partial charge in [0.05, 0.1) is 6.42 Å². The fourth-order valence-corrected chi connectivity index (χ4v) is 3.97. The number of carbonyl (C=O) groups is 1. The van der Waals surface area contributed by atoms with E-state index in [0.29, 0.717) is 11.7 Å². The third kappa shape index (κ3) is 5.53. The highest BCUT2D eigenvalue weighted by Crippen LogP contribution is 2.31. The number of hydrogen-bond donors (Lipinski definition) is 1. The minimum atomic E-state index is -0.832. The van der Waals surface area contributed by atoms with Crippen LogP contribution in [0.25, 0.3) is 11.4 Å². The molecule has 1 saturated carbocycles. The Kier molecular flexibility index (Phi) is 7.01. The second kappa shape index (κ2) is 9.66. The van der Waals surface area contributed by atoms with Gasteiger partial charge in [-0.25, -0.2) is 4.98 Å². The molecule has 2 heterocycles. The van der Waals surface area contributed by atoms with E-state index in [-0.39, 0.29) is 12.3 Å². The molecule has 2 aromatic heterocycles.